The number of carbonyl (C=O) groups is 4. The number of rotatable bonds is 19. The van der Waals surface area contributed by atoms with Crippen LogP contribution < -0.4 is 38.9 Å². The van der Waals surface area contributed by atoms with Gasteiger partial charge >= 0.3 is 0 Å². The standard InChI is InChI=1S/C32H49N9O5/c1-41(2,3)27(20-22-13-15-23(42)16-14-22)31(46)39-25(12-8-18-37-32(35)36)29(44)40-26(19-21-9-5-4-6-10-21)30(45)38-24(28(34)43)11-7-17-33/h4-6,9-10,13-16,24-27H,7-8,11-12,17-20,33H2,1-3H3,(H9-,34,35,36,37,38,39,40,42,43,44,45,46)/p+1/t24-,25+,26-,27-/m0/s1. The lowest BCUT2D eigenvalue weighted by molar-refractivity contribution is -0.886. The molecule has 0 radical (unpaired) electrons. The number of carbonyl (C=O) groups excluding carboxylic acids is 4. The Morgan fingerprint density at radius 2 is 1.28 bits per heavy atom. The fraction of sp³-hybridized carbons (Fsp3) is 0.469. The molecule has 0 aliphatic carbocycles. The van der Waals surface area contributed by atoms with Gasteiger partial charge in [-0.05, 0) is 55.5 Å². The summed E-state index contributed by atoms with van der Waals surface area (Å²) in [4.78, 5) is 57.1. The summed E-state index contributed by atoms with van der Waals surface area (Å²) in [6, 6.07) is 12.0. The molecule has 2 rings (SSSR count). The molecule has 2 aromatic rings. The first-order valence-corrected chi connectivity index (χ1v) is 15.3. The molecule has 0 aromatic heterocycles. The molecule has 0 bridgehead atoms. The number of nitrogens with one attached hydrogen (secondary N) is 3. The summed E-state index contributed by atoms with van der Waals surface area (Å²) in [6.45, 7) is 0.537. The highest BCUT2D eigenvalue weighted by Crippen LogP contribution is 2.16. The van der Waals surface area contributed by atoms with Crippen molar-refractivity contribution in [1.29, 1.82) is 0 Å². The average Bonchev–Trinajstić information content (AvgIpc) is 2.99. The molecular weight excluding hydrogens is 590 g/mol. The minimum absolute atomic E-state index is 0.0951. The zero-order chi connectivity index (χ0) is 34.3. The van der Waals surface area contributed by atoms with Gasteiger partial charge in [0.25, 0.3) is 5.91 Å². The summed E-state index contributed by atoms with van der Waals surface area (Å²) in [5, 5.41) is 18.0. The van der Waals surface area contributed by atoms with Gasteiger partial charge in [-0.1, -0.05) is 42.5 Å². The molecule has 4 amide bonds. The number of phenolic OH excluding ortho intramolecular Hbond substituents is 1. The van der Waals surface area contributed by atoms with Crippen LogP contribution in [-0.4, -0.2) is 97.6 Å². The van der Waals surface area contributed by atoms with Crippen LogP contribution in [0.4, 0.5) is 0 Å². The van der Waals surface area contributed by atoms with Crippen LogP contribution in [0.3, 0.4) is 0 Å². The molecule has 0 saturated heterocycles. The molecule has 46 heavy (non-hydrogen) atoms. The van der Waals surface area contributed by atoms with Crippen molar-refractivity contribution < 1.29 is 28.8 Å². The molecule has 0 aliphatic heterocycles. The van der Waals surface area contributed by atoms with Gasteiger partial charge in [-0.2, -0.15) is 0 Å². The highest BCUT2D eigenvalue weighted by molar-refractivity contribution is 5.94. The van der Waals surface area contributed by atoms with Gasteiger partial charge < -0.3 is 48.5 Å². The normalized spacial score (nSPS) is 13.8. The number of primary amides is 1. The van der Waals surface area contributed by atoms with E-state index in [1.807, 2.05) is 51.5 Å². The molecule has 0 fully saturated rings. The van der Waals surface area contributed by atoms with Crippen molar-refractivity contribution in [3.05, 3.63) is 65.7 Å². The maximum absolute atomic E-state index is 13.8. The van der Waals surface area contributed by atoms with Crippen LogP contribution in [0.25, 0.3) is 0 Å². The topological polar surface area (TPSA) is 241 Å². The molecule has 4 atom stereocenters. The van der Waals surface area contributed by atoms with E-state index < -0.39 is 41.9 Å². The number of hydrogen-bond donors (Lipinski definition) is 8. The van der Waals surface area contributed by atoms with Gasteiger partial charge in [-0.3, -0.25) is 24.2 Å². The Bertz CT molecular complexity index is 1310. The maximum atomic E-state index is 13.8. The van der Waals surface area contributed by atoms with Crippen LogP contribution in [0.5, 0.6) is 5.75 Å². The van der Waals surface area contributed by atoms with Gasteiger partial charge in [-0.15, -0.1) is 0 Å². The summed E-state index contributed by atoms with van der Waals surface area (Å²) in [6.07, 6.45) is 1.72. The molecule has 0 heterocycles. The minimum atomic E-state index is -1.09. The van der Waals surface area contributed by atoms with Crippen LogP contribution in [0.15, 0.2) is 59.6 Å². The van der Waals surface area contributed by atoms with Gasteiger partial charge in [0.15, 0.2) is 12.0 Å². The van der Waals surface area contributed by atoms with Crippen molar-refractivity contribution in [2.24, 2.45) is 27.9 Å². The van der Waals surface area contributed by atoms with Gasteiger partial charge in [0.1, 0.15) is 23.9 Å². The largest absolute Gasteiger partial charge is 0.508 e. The number of aliphatic imine (C=N–C) groups is 1. The lowest BCUT2D eigenvalue weighted by atomic mass is 10.0. The van der Waals surface area contributed by atoms with E-state index in [4.69, 9.17) is 22.9 Å². The Morgan fingerprint density at radius 3 is 1.85 bits per heavy atom. The Balaban J connectivity index is 2.34. The molecule has 2 aromatic carbocycles. The van der Waals surface area contributed by atoms with Crippen molar-refractivity contribution in [3.63, 3.8) is 0 Å². The number of nitrogens with two attached hydrogens (primary N) is 4. The number of aromatic hydroxyl groups is 1. The molecule has 12 N–H and O–H groups in total. The van der Waals surface area contributed by atoms with Crippen LogP contribution in [-0.2, 0) is 32.0 Å². The fourth-order valence-corrected chi connectivity index (χ4v) is 4.83. The van der Waals surface area contributed by atoms with Crippen molar-refractivity contribution in [3.8, 4) is 5.75 Å². The quantitative estimate of drug-likeness (QED) is 0.0408. The second kappa shape index (κ2) is 18.3. The van der Waals surface area contributed by atoms with E-state index in [1.165, 1.54) is 0 Å². The number of hydrogen-bond acceptors (Lipinski definition) is 7. The number of likely N-dealkylation sites (N-methyl/N-ethyl adjacent to an activating group) is 1. The Labute approximate surface area is 270 Å². The second-order valence-electron chi connectivity index (χ2n) is 12.2. The van der Waals surface area contributed by atoms with Crippen LogP contribution in [0, 0.1) is 0 Å². The van der Waals surface area contributed by atoms with E-state index in [0.29, 0.717) is 25.8 Å². The lowest BCUT2D eigenvalue weighted by Gasteiger charge is -2.34. The third kappa shape index (κ3) is 13.1. The number of benzene rings is 2. The van der Waals surface area contributed by atoms with Gasteiger partial charge in [0.05, 0.1) is 21.1 Å². The van der Waals surface area contributed by atoms with Crippen LogP contribution in [0.2, 0.25) is 0 Å². The minimum Gasteiger partial charge on any atom is -0.508 e. The zero-order valence-corrected chi connectivity index (χ0v) is 26.9. The average molecular weight is 641 g/mol. The summed E-state index contributed by atoms with van der Waals surface area (Å²) < 4.78 is 0.255. The van der Waals surface area contributed by atoms with E-state index in [1.54, 1.807) is 24.3 Å². The molecule has 0 spiro atoms. The monoisotopic (exact) mass is 640 g/mol. The number of quaternary nitrogens is 1. The first-order chi connectivity index (χ1) is 21.7. The van der Waals surface area contributed by atoms with E-state index in [0.717, 1.165) is 11.1 Å². The van der Waals surface area contributed by atoms with Gasteiger partial charge in [0.2, 0.25) is 17.7 Å². The van der Waals surface area contributed by atoms with E-state index in [-0.39, 0.29) is 47.9 Å². The Kier molecular flexibility index (Phi) is 14.9. The molecular formula is C32H50N9O5+. The van der Waals surface area contributed by atoms with Crippen molar-refractivity contribution in [2.45, 2.75) is 62.7 Å². The molecule has 252 valence electrons. The highest BCUT2D eigenvalue weighted by atomic mass is 16.3. The summed E-state index contributed by atoms with van der Waals surface area (Å²) in [5.41, 5.74) is 23.6. The molecule has 0 aliphatic rings. The summed E-state index contributed by atoms with van der Waals surface area (Å²) >= 11 is 0. The van der Waals surface area contributed by atoms with Crippen molar-refractivity contribution in [2.75, 3.05) is 34.2 Å². The maximum Gasteiger partial charge on any atom is 0.279 e. The Morgan fingerprint density at radius 1 is 0.739 bits per heavy atom. The number of nitrogens with zero attached hydrogens (tertiary/aromatic N) is 2. The Hall–Kier alpha value is -4.69. The summed E-state index contributed by atoms with van der Waals surface area (Å²) in [7, 11) is 5.62. The number of guanidine groups is 1. The summed E-state index contributed by atoms with van der Waals surface area (Å²) in [5.74, 6) is -2.25. The van der Waals surface area contributed by atoms with Crippen molar-refractivity contribution in [1.82, 2.24) is 16.0 Å². The third-order valence-electron chi connectivity index (χ3n) is 7.45. The molecule has 14 nitrogen and oxygen atoms in total. The fourth-order valence-electron chi connectivity index (χ4n) is 4.83. The van der Waals surface area contributed by atoms with Crippen LogP contribution in [0.1, 0.15) is 36.8 Å². The molecule has 0 unspecified atom stereocenters. The van der Waals surface area contributed by atoms with Crippen molar-refractivity contribution >= 4 is 29.6 Å². The predicted octanol–water partition coefficient (Wildman–Crippen LogP) is -1.02. The lowest BCUT2D eigenvalue weighted by Crippen LogP contribution is -2.60. The first kappa shape index (κ1) is 37.5. The smallest absolute Gasteiger partial charge is 0.279 e. The van der Waals surface area contributed by atoms with Crippen LogP contribution >= 0.6 is 0 Å². The predicted molar refractivity (Wildman–Crippen MR) is 177 cm³/mol. The van der Waals surface area contributed by atoms with E-state index in [2.05, 4.69) is 20.9 Å². The second-order valence-corrected chi connectivity index (χ2v) is 12.2. The zero-order valence-electron chi connectivity index (χ0n) is 26.9. The molecule has 0 saturated carbocycles. The number of amides is 4. The highest BCUT2D eigenvalue weighted by Gasteiger charge is 2.35. The third-order valence-corrected chi connectivity index (χ3v) is 7.45. The van der Waals surface area contributed by atoms with Gasteiger partial charge in [0, 0.05) is 19.4 Å². The number of phenols is 1. The first-order valence-electron chi connectivity index (χ1n) is 15.3. The van der Waals surface area contributed by atoms with Gasteiger partial charge in [-0.25, -0.2) is 0 Å². The van der Waals surface area contributed by atoms with E-state index >= 15 is 0 Å². The molecule has 14 heteroatoms. The SMILES string of the molecule is C[N+](C)(C)[C@@H](Cc1ccc(O)cc1)C(=O)N[C@H](CCCN=C(N)N)C(=O)N[C@@H](Cc1ccccc1)C(=O)N[C@@H](CCCN)C(N)=O. The van der Waals surface area contributed by atoms with E-state index in [9.17, 15) is 24.3 Å².